The van der Waals surface area contributed by atoms with Crippen molar-refractivity contribution in [1.29, 1.82) is 0 Å². The first-order chi connectivity index (χ1) is 29.1. The molecule has 0 unspecified atom stereocenters. The molecular formula is C49H29F3N2O3S3. The summed E-state index contributed by atoms with van der Waals surface area (Å²) in [4.78, 5) is 1.96. The molecule has 11 aromatic rings. The van der Waals surface area contributed by atoms with Gasteiger partial charge in [-0.2, -0.15) is 21.6 Å². The van der Waals surface area contributed by atoms with E-state index < -0.39 is 21.4 Å². The summed E-state index contributed by atoms with van der Waals surface area (Å²) in [7, 11) is -6.01. The molecule has 60 heavy (non-hydrogen) atoms. The minimum Gasteiger partial charge on any atom is -0.376 e. The Bertz CT molecular complexity index is 3600. The van der Waals surface area contributed by atoms with Crippen LogP contribution >= 0.6 is 22.7 Å². The number of rotatable bonds is 7. The van der Waals surface area contributed by atoms with Crippen molar-refractivity contribution in [3.8, 4) is 22.6 Å². The van der Waals surface area contributed by atoms with Gasteiger partial charge in [-0.3, -0.25) is 0 Å². The van der Waals surface area contributed by atoms with E-state index in [0.29, 0.717) is 11.1 Å². The molecule has 0 fully saturated rings. The Morgan fingerprint density at radius 3 is 1.98 bits per heavy atom. The minimum atomic E-state index is -6.01. The standard InChI is InChI=1S/C49H29F3N2O3S3/c50-49(51,52)60(55,56)57-34-28-40-38-26-30(35-18-11-20-42-47(35)37-17-7-9-19-41(37)54(42)32-14-5-2-6-15-32)22-24-46(38)59-48(40)43(29-34)53(31-12-3-1-4-13-31)33-23-25-45-39(27-33)36-16-8-10-21-44(36)58-45/h1-29H. The van der Waals surface area contributed by atoms with Gasteiger partial charge in [0.2, 0.25) is 0 Å². The van der Waals surface area contributed by atoms with E-state index in [0.717, 1.165) is 85.0 Å². The number of fused-ring (bicyclic) bond motifs is 9. The summed E-state index contributed by atoms with van der Waals surface area (Å²) in [6.45, 7) is 0. The molecule has 0 radical (unpaired) electrons. The summed E-state index contributed by atoms with van der Waals surface area (Å²) in [5, 5.41) is 5.56. The molecule has 0 aliphatic carbocycles. The third kappa shape index (κ3) is 5.83. The van der Waals surface area contributed by atoms with Crippen LogP contribution in [0.25, 0.3) is 79.0 Å². The highest BCUT2D eigenvalue weighted by atomic mass is 32.2. The Balaban J connectivity index is 1.17. The highest BCUT2D eigenvalue weighted by Crippen LogP contribution is 2.50. The smallest absolute Gasteiger partial charge is 0.376 e. The van der Waals surface area contributed by atoms with Gasteiger partial charge in [0, 0.05) is 69.5 Å². The lowest BCUT2D eigenvalue weighted by molar-refractivity contribution is -0.0500. The second-order valence-corrected chi connectivity index (χ2v) is 18.1. The lowest BCUT2D eigenvalue weighted by Crippen LogP contribution is -2.28. The molecule has 0 aliphatic rings. The molecule has 0 saturated carbocycles. The second kappa shape index (κ2) is 13.7. The second-order valence-electron chi connectivity index (χ2n) is 14.5. The van der Waals surface area contributed by atoms with Gasteiger partial charge < -0.3 is 13.7 Å². The zero-order valence-corrected chi connectivity index (χ0v) is 33.7. The number of nitrogens with zero attached hydrogens (tertiary/aromatic N) is 2. The first-order valence-electron chi connectivity index (χ1n) is 19.0. The van der Waals surface area contributed by atoms with E-state index in [1.54, 1.807) is 11.3 Å². The highest BCUT2D eigenvalue weighted by molar-refractivity contribution is 7.88. The third-order valence-corrected chi connectivity index (χ3v) is 14.3. The van der Waals surface area contributed by atoms with Gasteiger partial charge in [-0.05, 0) is 90.0 Å². The van der Waals surface area contributed by atoms with E-state index in [1.165, 1.54) is 23.5 Å². The van der Waals surface area contributed by atoms with Gasteiger partial charge in [-0.1, -0.05) is 91.0 Å². The molecule has 3 heterocycles. The van der Waals surface area contributed by atoms with Crippen molar-refractivity contribution < 1.29 is 25.8 Å². The van der Waals surface area contributed by atoms with Crippen LogP contribution in [-0.4, -0.2) is 18.5 Å². The molecule has 0 saturated heterocycles. The molecular weight excluding hydrogens is 818 g/mol. The van der Waals surface area contributed by atoms with E-state index in [9.17, 15) is 21.6 Å². The van der Waals surface area contributed by atoms with Crippen LogP contribution in [0.3, 0.4) is 0 Å². The molecule has 11 heteroatoms. The molecule has 8 aromatic carbocycles. The van der Waals surface area contributed by atoms with Gasteiger partial charge in [0.15, 0.2) is 0 Å². The van der Waals surface area contributed by atoms with Crippen LogP contribution in [0.15, 0.2) is 176 Å². The van der Waals surface area contributed by atoms with Crippen LogP contribution in [0.4, 0.5) is 30.2 Å². The van der Waals surface area contributed by atoms with Gasteiger partial charge in [0.25, 0.3) is 0 Å². The molecule has 0 bridgehead atoms. The topological polar surface area (TPSA) is 51.5 Å². The Hall–Kier alpha value is -6.66. The molecule has 11 rings (SSSR count). The first-order valence-corrected chi connectivity index (χ1v) is 22.0. The van der Waals surface area contributed by atoms with Gasteiger partial charge in [0.05, 0.1) is 21.4 Å². The molecule has 0 N–H and O–H groups in total. The molecule has 0 amide bonds. The normalized spacial score (nSPS) is 12.4. The summed E-state index contributed by atoms with van der Waals surface area (Å²) in [6, 6.07) is 57.4. The maximum Gasteiger partial charge on any atom is 0.534 e. The molecule has 3 aromatic heterocycles. The van der Waals surface area contributed by atoms with Crippen LogP contribution in [0.1, 0.15) is 0 Å². The van der Waals surface area contributed by atoms with E-state index in [4.69, 9.17) is 4.18 Å². The maximum absolute atomic E-state index is 13.9. The number of thiophene rings is 2. The summed E-state index contributed by atoms with van der Waals surface area (Å²) in [5.74, 6) is -0.448. The van der Waals surface area contributed by atoms with Crippen LogP contribution in [0, 0.1) is 0 Å². The Morgan fingerprint density at radius 2 is 1.18 bits per heavy atom. The number of anilines is 3. The van der Waals surface area contributed by atoms with E-state index in [1.807, 2.05) is 108 Å². The van der Waals surface area contributed by atoms with Crippen molar-refractivity contribution in [3.05, 3.63) is 176 Å². The van der Waals surface area contributed by atoms with Crippen molar-refractivity contribution in [2.75, 3.05) is 4.90 Å². The number of hydrogen-bond donors (Lipinski definition) is 0. The van der Waals surface area contributed by atoms with Crippen LogP contribution in [-0.2, 0) is 10.1 Å². The largest absolute Gasteiger partial charge is 0.534 e. The number of alkyl halides is 3. The predicted molar refractivity (Wildman–Crippen MR) is 242 cm³/mol. The molecule has 5 nitrogen and oxygen atoms in total. The van der Waals surface area contributed by atoms with E-state index in [2.05, 4.69) is 65.2 Å². The van der Waals surface area contributed by atoms with Crippen molar-refractivity contribution >= 4 is 112 Å². The molecule has 0 aliphatic heterocycles. The summed E-state index contributed by atoms with van der Waals surface area (Å²) >= 11 is 3.17. The third-order valence-electron chi connectivity index (χ3n) is 10.9. The Kier molecular flexibility index (Phi) is 8.32. The van der Waals surface area contributed by atoms with Crippen molar-refractivity contribution in [1.82, 2.24) is 4.57 Å². The number of aromatic nitrogens is 1. The quantitative estimate of drug-likeness (QED) is 0.118. The van der Waals surface area contributed by atoms with Crippen LogP contribution in [0.5, 0.6) is 5.75 Å². The fourth-order valence-corrected chi connectivity index (χ4v) is 11.1. The Morgan fingerprint density at radius 1 is 0.533 bits per heavy atom. The van der Waals surface area contributed by atoms with Crippen molar-refractivity contribution in [2.45, 2.75) is 5.51 Å². The van der Waals surface area contributed by atoms with Gasteiger partial charge in [-0.25, -0.2) is 0 Å². The number of benzene rings is 8. The van der Waals surface area contributed by atoms with Gasteiger partial charge in [-0.15, -0.1) is 22.7 Å². The van der Waals surface area contributed by atoms with Gasteiger partial charge >= 0.3 is 15.6 Å². The number of hydrogen-bond acceptors (Lipinski definition) is 6. The Labute approximate surface area is 349 Å². The highest BCUT2D eigenvalue weighted by Gasteiger charge is 2.48. The van der Waals surface area contributed by atoms with Crippen LogP contribution in [0.2, 0.25) is 0 Å². The average Bonchev–Trinajstić information content (AvgIpc) is 3.93. The van der Waals surface area contributed by atoms with E-state index >= 15 is 0 Å². The van der Waals surface area contributed by atoms with Crippen molar-refractivity contribution in [2.24, 2.45) is 0 Å². The summed E-state index contributed by atoms with van der Waals surface area (Å²) < 4.78 is 78.1. The predicted octanol–water partition coefficient (Wildman–Crippen LogP) is 14.9. The maximum atomic E-state index is 13.9. The zero-order chi connectivity index (χ0) is 40.8. The minimum absolute atomic E-state index is 0.448. The first kappa shape index (κ1) is 36.4. The lowest BCUT2D eigenvalue weighted by Gasteiger charge is -2.26. The average molecular weight is 847 g/mol. The van der Waals surface area contributed by atoms with Gasteiger partial charge in [0.1, 0.15) is 5.75 Å². The monoisotopic (exact) mass is 846 g/mol. The summed E-state index contributed by atoms with van der Waals surface area (Å²) in [6.07, 6.45) is 0. The van der Waals surface area contributed by atoms with Crippen LogP contribution < -0.4 is 9.08 Å². The zero-order valence-electron chi connectivity index (χ0n) is 31.2. The SMILES string of the molecule is O=S(=O)(Oc1cc(N(c2ccccc2)c2ccc3sc4ccccc4c3c2)c2sc3ccc(-c4cccc5c4c4ccccc4n5-c4ccccc4)cc3c2c1)C(F)(F)F. The fraction of sp³-hybridized carbons (Fsp3) is 0.0204. The fourth-order valence-electron chi connectivity index (χ4n) is 8.36. The number of para-hydroxylation sites is 3. The number of halogens is 3. The van der Waals surface area contributed by atoms with Crippen molar-refractivity contribution in [3.63, 3.8) is 0 Å². The molecule has 0 spiro atoms. The molecule has 0 atom stereocenters. The summed E-state index contributed by atoms with van der Waals surface area (Å²) in [5.41, 5.74) is 1.31. The molecule has 292 valence electrons. The lowest BCUT2D eigenvalue weighted by atomic mass is 9.97. The van der Waals surface area contributed by atoms with E-state index in [-0.39, 0.29) is 0 Å².